The molecule has 0 spiro atoms. The summed E-state index contributed by atoms with van der Waals surface area (Å²) < 4.78 is 28.2. The summed E-state index contributed by atoms with van der Waals surface area (Å²) in [4.78, 5) is 14.8. The number of carbonyl (C=O) groups is 1. The summed E-state index contributed by atoms with van der Waals surface area (Å²) in [5.41, 5.74) is 0.891. The molecule has 1 saturated heterocycles. The number of likely N-dealkylation sites (tertiary alicyclic amines) is 1. The van der Waals surface area contributed by atoms with Crippen LogP contribution >= 0.6 is 0 Å². The van der Waals surface area contributed by atoms with Gasteiger partial charge in [0.1, 0.15) is 10.9 Å². The van der Waals surface area contributed by atoms with Crippen LogP contribution in [-0.4, -0.2) is 48.6 Å². The van der Waals surface area contributed by atoms with Gasteiger partial charge in [-0.3, -0.25) is 9.89 Å². The van der Waals surface area contributed by atoms with Crippen LogP contribution in [0.5, 0.6) is 0 Å². The minimum absolute atomic E-state index is 0.120. The highest BCUT2D eigenvalue weighted by Crippen LogP contribution is 2.20. The minimum Gasteiger partial charge on any atom is -0.341 e. The van der Waals surface area contributed by atoms with E-state index in [1.54, 1.807) is 18.7 Å². The zero-order valence-electron chi connectivity index (χ0n) is 14.9. The normalized spacial score (nSPS) is 17.3. The maximum absolute atomic E-state index is 12.8. The Balaban J connectivity index is 2.23. The zero-order valence-corrected chi connectivity index (χ0v) is 15.7. The topological polar surface area (TPSA) is 95.2 Å². The van der Waals surface area contributed by atoms with Crippen LogP contribution in [0.25, 0.3) is 0 Å². The number of amides is 1. The molecule has 1 amide bonds. The first-order chi connectivity index (χ1) is 11.2. The largest absolute Gasteiger partial charge is 0.341 e. The molecule has 1 atom stereocenters. The van der Waals surface area contributed by atoms with Crippen LogP contribution in [0.4, 0.5) is 0 Å². The Kier molecular flexibility index (Phi) is 6.03. The molecule has 0 aromatic carbocycles. The van der Waals surface area contributed by atoms with Crippen molar-refractivity contribution in [2.75, 3.05) is 13.1 Å². The standard InChI is InChI=1S/C16H28N4O3S/c1-11(2)10-14(16(21)20-8-6-5-7-9-20)19-24(22,23)15-12(3)17-18-13(15)4/h11,14,19H,5-10H2,1-4H3,(H,17,18)/t14-/m0/s1. The van der Waals surface area contributed by atoms with Gasteiger partial charge in [-0.15, -0.1) is 0 Å². The predicted molar refractivity (Wildman–Crippen MR) is 92.1 cm³/mol. The lowest BCUT2D eigenvalue weighted by atomic mass is 10.0. The highest BCUT2D eigenvalue weighted by molar-refractivity contribution is 7.89. The highest BCUT2D eigenvalue weighted by atomic mass is 32.2. The molecule has 136 valence electrons. The third-order valence-corrected chi connectivity index (χ3v) is 6.03. The molecule has 1 aliphatic rings. The van der Waals surface area contributed by atoms with Crippen molar-refractivity contribution in [2.45, 2.75) is 64.3 Å². The smallest absolute Gasteiger partial charge is 0.244 e. The zero-order chi connectivity index (χ0) is 17.9. The van der Waals surface area contributed by atoms with Gasteiger partial charge >= 0.3 is 0 Å². The summed E-state index contributed by atoms with van der Waals surface area (Å²) in [6.45, 7) is 8.69. The Labute approximate surface area is 144 Å². The second kappa shape index (κ2) is 7.65. The fraction of sp³-hybridized carbons (Fsp3) is 0.750. The number of hydrogen-bond donors (Lipinski definition) is 2. The van der Waals surface area contributed by atoms with E-state index < -0.39 is 16.1 Å². The van der Waals surface area contributed by atoms with E-state index in [4.69, 9.17) is 0 Å². The summed E-state index contributed by atoms with van der Waals surface area (Å²) in [6, 6.07) is -0.734. The second-order valence-corrected chi connectivity index (χ2v) is 8.60. The van der Waals surface area contributed by atoms with E-state index in [1.165, 1.54) is 0 Å². The number of sulfonamides is 1. The average molecular weight is 356 g/mol. The molecule has 2 heterocycles. The van der Waals surface area contributed by atoms with Crippen molar-refractivity contribution in [3.05, 3.63) is 11.4 Å². The summed E-state index contributed by atoms with van der Waals surface area (Å²) in [5, 5.41) is 6.63. The van der Waals surface area contributed by atoms with Gasteiger partial charge in [-0.05, 0) is 45.4 Å². The molecule has 0 saturated carbocycles. The minimum atomic E-state index is -3.80. The first kappa shape index (κ1) is 18.9. The van der Waals surface area contributed by atoms with Crippen LogP contribution in [0.3, 0.4) is 0 Å². The Bertz CT molecular complexity index is 656. The van der Waals surface area contributed by atoms with E-state index in [2.05, 4.69) is 14.9 Å². The predicted octanol–water partition coefficient (Wildman–Crippen LogP) is 1.73. The SMILES string of the molecule is Cc1n[nH]c(C)c1S(=O)(=O)N[C@@H](CC(C)C)C(=O)N1CCCCC1. The Morgan fingerprint density at radius 2 is 1.88 bits per heavy atom. The molecule has 1 aliphatic heterocycles. The third kappa shape index (κ3) is 4.36. The molecule has 0 aliphatic carbocycles. The van der Waals surface area contributed by atoms with Crippen molar-refractivity contribution in [3.8, 4) is 0 Å². The third-order valence-electron chi connectivity index (χ3n) is 4.30. The summed E-state index contributed by atoms with van der Waals surface area (Å²) in [6.07, 6.45) is 3.56. The van der Waals surface area contributed by atoms with Crippen molar-refractivity contribution in [2.24, 2.45) is 5.92 Å². The maximum Gasteiger partial charge on any atom is 0.244 e. The summed E-state index contributed by atoms with van der Waals surface area (Å²) in [7, 11) is -3.80. The number of H-pyrrole nitrogens is 1. The van der Waals surface area contributed by atoms with E-state index >= 15 is 0 Å². The first-order valence-corrected chi connectivity index (χ1v) is 10.0. The fourth-order valence-electron chi connectivity index (χ4n) is 3.19. The van der Waals surface area contributed by atoms with Crippen LogP contribution < -0.4 is 4.72 Å². The molecule has 1 aromatic heterocycles. The number of aryl methyl sites for hydroxylation is 2. The molecule has 1 fully saturated rings. The van der Waals surface area contributed by atoms with Crippen molar-refractivity contribution in [1.29, 1.82) is 0 Å². The molecular formula is C16H28N4O3S. The summed E-state index contributed by atoms with van der Waals surface area (Å²) >= 11 is 0. The van der Waals surface area contributed by atoms with Crippen molar-refractivity contribution in [1.82, 2.24) is 19.8 Å². The molecule has 1 aromatic rings. The van der Waals surface area contributed by atoms with E-state index in [1.807, 2.05) is 13.8 Å². The molecule has 7 nitrogen and oxygen atoms in total. The lowest BCUT2D eigenvalue weighted by Gasteiger charge is -2.31. The number of piperidine rings is 1. The molecule has 8 heteroatoms. The maximum atomic E-state index is 12.8. The lowest BCUT2D eigenvalue weighted by Crippen LogP contribution is -2.50. The van der Waals surface area contributed by atoms with Crippen LogP contribution in [0.2, 0.25) is 0 Å². The molecule has 0 radical (unpaired) electrons. The quantitative estimate of drug-likeness (QED) is 0.811. The monoisotopic (exact) mass is 356 g/mol. The molecule has 0 bridgehead atoms. The van der Waals surface area contributed by atoms with Gasteiger partial charge in [0.2, 0.25) is 15.9 Å². The Morgan fingerprint density at radius 1 is 1.25 bits per heavy atom. The van der Waals surface area contributed by atoms with Crippen molar-refractivity contribution in [3.63, 3.8) is 0 Å². The molecule has 0 unspecified atom stereocenters. The number of aromatic amines is 1. The van der Waals surface area contributed by atoms with Crippen molar-refractivity contribution < 1.29 is 13.2 Å². The first-order valence-electron chi connectivity index (χ1n) is 8.55. The summed E-state index contributed by atoms with van der Waals surface area (Å²) in [5.74, 6) is 0.0868. The van der Waals surface area contributed by atoms with Crippen LogP contribution in [0.15, 0.2) is 4.90 Å². The van der Waals surface area contributed by atoms with Crippen LogP contribution in [-0.2, 0) is 14.8 Å². The lowest BCUT2D eigenvalue weighted by molar-refractivity contribution is -0.134. The van der Waals surface area contributed by atoms with Crippen molar-refractivity contribution >= 4 is 15.9 Å². The van der Waals surface area contributed by atoms with Crippen LogP contribution in [0, 0.1) is 19.8 Å². The van der Waals surface area contributed by atoms with E-state index in [0.29, 0.717) is 30.9 Å². The Morgan fingerprint density at radius 3 is 2.38 bits per heavy atom. The number of nitrogens with zero attached hydrogens (tertiary/aromatic N) is 2. The van der Waals surface area contributed by atoms with E-state index in [9.17, 15) is 13.2 Å². The van der Waals surface area contributed by atoms with Gasteiger partial charge in [-0.1, -0.05) is 13.8 Å². The van der Waals surface area contributed by atoms with Gasteiger partial charge in [0, 0.05) is 13.1 Å². The average Bonchev–Trinajstić information content (AvgIpc) is 2.85. The second-order valence-electron chi connectivity index (χ2n) is 6.95. The fourth-order valence-corrected chi connectivity index (χ4v) is 4.76. The molecule has 24 heavy (non-hydrogen) atoms. The van der Waals surface area contributed by atoms with Gasteiger partial charge in [-0.2, -0.15) is 9.82 Å². The number of hydrogen-bond acceptors (Lipinski definition) is 4. The number of nitrogens with one attached hydrogen (secondary N) is 2. The Hall–Kier alpha value is -1.41. The van der Waals surface area contributed by atoms with Crippen LogP contribution in [0.1, 0.15) is 50.9 Å². The van der Waals surface area contributed by atoms with Gasteiger partial charge in [-0.25, -0.2) is 8.42 Å². The highest BCUT2D eigenvalue weighted by Gasteiger charge is 2.32. The van der Waals surface area contributed by atoms with Gasteiger partial charge in [0.15, 0.2) is 0 Å². The molecular weight excluding hydrogens is 328 g/mol. The van der Waals surface area contributed by atoms with E-state index in [-0.39, 0.29) is 16.7 Å². The number of aromatic nitrogens is 2. The van der Waals surface area contributed by atoms with Gasteiger partial charge in [0.25, 0.3) is 0 Å². The molecule has 2 rings (SSSR count). The van der Waals surface area contributed by atoms with E-state index in [0.717, 1.165) is 19.3 Å². The number of rotatable bonds is 6. The van der Waals surface area contributed by atoms with Gasteiger partial charge < -0.3 is 4.90 Å². The number of carbonyl (C=O) groups excluding carboxylic acids is 1. The molecule has 2 N–H and O–H groups in total. The van der Waals surface area contributed by atoms with Gasteiger partial charge in [0.05, 0.1) is 11.4 Å².